The third-order valence-electron chi connectivity index (χ3n) is 3.58. The Bertz CT molecular complexity index is 864. The zero-order valence-electron chi connectivity index (χ0n) is 13.2. The van der Waals surface area contributed by atoms with Gasteiger partial charge < -0.3 is 0 Å². The second-order valence-electron chi connectivity index (χ2n) is 5.15. The molecule has 6 heteroatoms. The van der Waals surface area contributed by atoms with Crippen LogP contribution in [0.25, 0.3) is 16.9 Å². The molecule has 0 amide bonds. The molecule has 1 aromatic carbocycles. The van der Waals surface area contributed by atoms with Gasteiger partial charge in [0.1, 0.15) is 17.4 Å². The minimum atomic E-state index is 0.353. The summed E-state index contributed by atoms with van der Waals surface area (Å²) in [5, 5.41) is 10.2. The summed E-state index contributed by atoms with van der Waals surface area (Å²) >= 11 is 1.53. The van der Waals surface area contributed by atoms with Gasteiger partial charge >= 0.3 is 0 Å². The number of rotatable bonds is 5. The quantitative estimate of drug-likeness (QED) is 0.669. The number of nitriles is 1. The number of aromatic nitrogens is 4. The van der Waals surface area contributed by atoms with Gasteiger partial charge in [-0.15, -0.1) is 0 Å². The fourth-order valence-electron chi connectivity index (χ4n) is 2.45. The molecule has 2 aromatic heterocycles. The van der Waals surface area contributed by atoms with Crippen LogP contribution >= 0.6 is 11.8 Å². The minimum Gasteiger partial charge on any atom is -0.272 e. The molecule has 5 nitrogen and oxygen atoms in total. The standard InChI is InChI=1S/C17H17N5S/c1-3-4-10-14-19-13(11-18)15-16(20-14)22(17(21-15)23-2)12-8-6-5-7-9-12/h5-9H,3-4,10H2,1-2H3. The summed E-state index contributed by atoms with van der Waals surface area (Å²) in [6.45, 7) is 2.13. The Labute approximate surface area is 139 Å². The fourth-order valence-corrected chi connectivity index (χ4v) is 3.01. The molecule has 0 unspecified atom stereocenters. The molecule has 0 aliphatic carbocycles. The van der Waals surface area contributed by atoms with E-state index in [1.807, 2.05) is 41.2 Å². The van der Waals surface area contributed by atoms with E-state index in [0.717, 1.165) is 30.1 Å². The molecule has 0 fully saturated rings. The average molecular weight is 323 g/mol. The van der Waals surface area contributed by atoms with E-state index in [1.54, 1.807) is 0 Å². The molecule has 0 saturated heterocycles. The van der Waals surface area contributed by atoms with Crippen molar-refractivity contribution in [2.24, 2.45) is 0 Å². The van der Waals surface area contributed by atoms with Crippen LogP contribution in [0.5, 0.6) is 0 Å². The predicted octanol–water partition coefficient (Wildman–Crippen LogP) is 3.75. The van der Waals surface area contributed by atoms with Gasteiger partial charge in [0, 0.05) is 12.1 Å². The SMILES string of the molecule is CCCCc1nc(C#N)c2nc(SC)n(-c3ccccc3)c2n1. The van der Waals surface area contributed by atoms with Gasteiger partial charge in [-0.2, -0.15) is 5.26 Å². The van der Waals surface area contributed by atoms with Gasteiger partial charge in [-0.1, -0.05) is 43.3 Å². The lowest BCUT2D eigenvalue weighted by molar-refractivity contribution is 0.752. The number of thioether (sulfide) groups is 1. The third-order valence-corrected chi connectivity index (χ3v) is 4.22. The van der Waals surface area contributed by atoms with Crippen LogP contribution in [0.1, 0.15) is 31.3 Å². The Morgan fingerprint density at radius 1 is 1.17 bits per heavy atom. The zero-order chi connectivity index (χ0) is 16.2. The van der Waals surface area contributed by atoms with Crippen molar-refractivity contribution >= 4 is 22.9 Å². The smallest absolute Gasteiger partial charge is 0.174 e. The molecule has 0 radical (unpaired) electrons. The number of para-hydroxylation sites is 1. The molecule has 0 atom stereocenters. The molecule has 2 heterocycles. The summed E-state index contributed by atoms with van der Waals surface area (Å²) in [5.74, 6) is 0.709. The van der Waals surface area contributed by atoms with Crippen molar-refractivity contribution in [3.05, 3.63) is 41.9 Å². The van der Waals surface area contributed by atoms with Crippen molar-refractivity contribution in [2.75, 3.05) is 6.26 Å². The van der Waals surface area contributed by atoms with Gasteiger partial charge in [-0.3, -0.25) is 4.57 Å². The second kappa shape index (κ2) is 6.80. The van der Waals surface area contributed by atoms with Gasteiger partial charge in [-0.05, 0) is 24.8 Å². The van der Waals surface area contributed by atoms with Crippen LogP contribution in [0.3, 0.4) is 0 Å². The molecule has 0 aliphatic rings. The summed E-state index contributed by atoms with van der Waals surface area (Å²) in [4.78, 5) is 13.7. The highest BCUT2D eigenvalue weighted by Gasteiger charge is 2.18. The van der Waals surface area contributed by atoms with E-state index in [4.69, 9.17) is 4.98 Å². The molecule has 23 heavy (non-hydrogen) atoms. The summed E-state index contributed by atoms with van der Waals surface area (Å²) in [6, 6.07) is 12.1. The number of nitrogens with zero attached hydrogens (tertiary/aromatic N) is 5. The van der Waals surface area contributed by atoms with Crippen LogP contribution < -0.4 is 0 Å². The lowest BCUT2D eigenvalue weighted by Gasteiger charge is -2.07. The van der Waals surface area contributed by atoms with Crippen molar-refractivity contribution < 1.29 is 0 Å². The number of fused-ring (bicyclic) bond motifs is 1. The first kappa shape index (κ1) is 15.5. The highest BCUT2D eigenvalue weighted by atomic mass is 32.2. The molecule has 0 saturated carbocycles. The van der Waals surface area contributed by atoms with Gasteiger partial charge in [0.05, 0.1) is 0 Å². The van der Waals surface area contributed by atoms with Crippen molar-refractivity contribution in [1.82, 2.24) is 19.5 Å². The van der Waals surface area contributed by atoms with E-state index < -0.39 is 0 Å². The maximum atomic E-state index is 9.43. The van der Waals surface area contributed by atoms with E-state index in [-0.39, 0.29) is 0 Å². The van der Waals surface area contributed by atoms with Gasteiger partial charge in [-0.25, -0.2) is 15.0 Å². The van der Waals surface area contributed by atoms with Crippen LogP contribution in [0.15, 0.2) is 35.5 Å². The maximum Gasteiger partial charge on any atom is 0.174 e. The Hall–Kier alpha value is -2.39. The monoisotopic (exact) mass is 323 g/mol. The molecule has 0 bridgehead atoms. The summed E-state index contributed by atoms with van der Waals surface area (Å²) in [6.07, 6.45) is 4.82. The lowest BCUT2D eigenvalue weighted by Crippen LogP contribution is -2.02. The van der Waals surface area contributed by atoms with Crippen molar-refractivity contribution in [2.45, 2.75) is 31.3 Å². The zero-order valence-corrected chi connectivity index (χ0v) is 14.0. The molecular formula is C17H17N5S. The second-order valence-corrected chi connectivity index (χ2v) is 5.92. The van der Waals surface area contributed by atoms with Crippen LogP contribution in [0, 0.1) is 11.3 Å². The Morgan fingerprint density at radius 2 is 1.96 bits per heavy atom. The van der Waals surface area contributed by atoms with Gasteiger partial charge in [0.25, 0.3) is 0 Å². The number of imidazole rings is 1. The molecular weight excluding hydrogens is 306 g/mol. The Balaban J connectivity index is 2.27. The lowest BCUT2D eigenvalue weighted by atomic mass is 10.2. The first-order valence-corrected chi connectivity index (χ1v) is 8.79. The topological polar surface area (TPSA) is 67.4 Å². The van der Waals surface area contributed by atoms with Gasteiger partial charge in [0.2, 0.25) is 0 Å². The maximum absolute atomic E-state index is 9.43. The summed E-state index contributed by atoms with van der Waals surface area (Å²) < 4.78 is 2.00. The molecule has 0 spiro atoms. The normalized spacial score (nSPS) is 10.8. The predicted molar refractivity (Wildman–Crippen MR) is 91.8 cm³/mol. The van der Waals surface area contributed by atoms with E-state index in [2.05, 4.69) is 23.0 Å². The average Bonchev–Trinajstić information content (AvgIpc) is 2.98. The molecule has 0 N–H and O–H groups in total. The van der Waals surface area contributed by atoms with Gasteiger partial charge in [0.15, 0.2) is 16.5 Å². The van der Waals surface area contributed by atoms with Crippen molar-refractivity contribution in [1.29, 1.82) is 5.26 Å². The summed E-state index contributed by atoms with van der Waals surface area (Å²) in [5.41, 5.74) is 2.62. The van der Waals surface area contributed by atoms with E-state index in [1.165, 1.54) is 11.8 Å². The number of unbranched alkanes of at least 4 members (excludes halogenated alkanes) is 1. The van der Waals surface area contributed by atoms with E-state index in [0.29, 0.717) is 22.7 Å². The molecule has 3 rings (SSSR count). The van der Waals surface area contributed by atoms with Crippen LogP contribution in [0.2, 0.25) is 0 Å². The number of hydrogen-bond donors (Lipinski definition) is 0. The largest absolute Gasteiger partial charge is 0.272 e. The molecule has 0 aliphatic heterocycles. The third kappa shape index (κ3) is 2.92. The molecule has 116 valence electrons. The number of aryl methyl sites for hydroxylation is 1. The van der Waals surface area contributed by atoms with Crippen molar-refractivity contribution in [3.63, 3.8) is 0 Å². The first-order chi connectivity index (χ1) is 11.3. The molecule has 3 aromatic rings. The fraction of sp³-hybridized carbons (Fsp3) is 0.294. The van der Waals surface area contributed by atoms with Crippen LogP contribution in [-0.2, 0) is 6.42 Å². The summed E-state index contributed by atoms with van der Waals surface area (Å²) in [7, 11) is 0. The highest BCUT2D eigenvalue weighted by molar-refractivity contribution is 7.98. The van der Waals surface area contributed by atoms with Crippen molar-refractivity contribution in [3.8, 4) is 11.8 Å². The number of benzene rings is 1. The minimum absolute atomic E-state index is 0.353. The first-order valence-electron chi connectivity index (χ1n) is 7.57. The number of hydrogen-bond acceptors (Lipinski definition) is 5. The van der Waals surface area contributed by atoms with Crippen LogP contribution in [0.4, 0.5) is 0 Å². The van der Waals surface area contributed by atoms with E-state index in [9.17, 15) is 5.26 Å². The van der Waals surface area contributed by atoms with Crippen LogP contribution in [-0.4, -0.2) is 25.8 Å². The van der Waals surface area contributed by atoms with E-state index >= 15 is 0 Å². The Morgan fingerprint density at radius 3 is 2.61 bits per heavy atom. The highest BCUT2D eigenvalue weighted by Crippen LogP contribution is 2.27. The Kier molecular flexibility index (Phi) is 4.58.